The van der Waals surface area contributed by atoms with Crippen LogP contribution in [0.1, 0.15) is 37.2 Å². The van der Waals surface area contributed by atoms with E-state index in [1.54, 1.807) is 38.1 Å². The molecule has 6 nitrogen and oxygen atoms in total. The molecule has 118 valence electrons. The lowest BCUT2D eigenvalue weighted by Gasteiger charge is -2.10. The summed E-state index contributed by atoms with van der Waals surface area (Å²) in [6, 6.07) is 7.20. The fourth-order valence-electron chi connectivity index (χ4n) is 2.09. The molecule has 7 heteroatoms. The van der Waals surface area contributed by atoms with Crippen molar-refractivity contribution in [3.05, 3.63) is 30.0 Å². The Hall–Kier alpha value is -2.02. The molecule has 1 aromatic heterocycles. The minimum absolute atomic E-state index is 0.122. The molecular weight excluding hydrogens is 302 g/mol. The lowest BCUT2D eigenvalue weighted by atomic mass is 10.2. The number of hydrogen-bond donors (Lipinski definition) is 3. The second-order valence-electron chi connectivity index (χ2n) is 5.93. The highest BCUT2D eigenvalue weighted by Gasteiger charge is 2.24. The highest BCUT2D eigenvalue weighted by atomic mass is 32.2. The van der Waals surface area contributed by atoms with Crippen molar-refractivity contribution in [1.82, 2.24) is 10.3 Å². The van der Waals surface area contributed by atoms with E-state index in [-0.39, 0.29) is 5.91 Å². The van der Waals surface area contributed by atoms with E-state index >= 15 is 0 Å². The monoisotopic (exact) mass is 321 g/mol. The number of benzene rings is 1. The van der Waals surface area contributed by atoms with Crippen molar-refractivity contribution in [1.29, 1.82) is 0 Å². The number of hydrogen-bond acceptors (Lipinski definition) is 3. The molecule has 0 saturated heterocycles. The topological polar surface area (TPSA) is 91.1 Å². The molecule has 1 fully saturated rings. The van der Waals surface area contributed by atoms with Gasteiger partial charge in [-0.25, -0.2) is 8.42 Å². The van der Waals surface area contributed by atoms with Crippen LogP contribution in [0.4, 0.5) is 5.69 Å². The average Bonchev–Trinajstić information content (AvgIpc) is 3.14. The zero-order chi connectivity index (χ0) is 15.9. The summed E-state index contributed by atoms with van der Waals surface area (Å²) in [5.41, 5.74) is 1.79. The Morgan fingerprint density at radius 3 is 2.64 bits per heavy atom. The number of anilines is 1. The van der Waals surface area contributed by atoms with Gasteiger partial charge in [-0.1, -0.05) is 0 Å². The van der Waals surface area contributed by atoms with Crippen molar-refractivity contribution < 1.29 is 13.2 Å². The predicted octanol–water partition coefficient (Wildman–Crippen LogP) is 2.21. The first-order valence-electron chi connectivity index (χ1n) is 7.30. The quantitative estimate of drug-likeness (QED) is 0.788. The molecule has 1 amide bonds. The third-order valence-electron chi connectivity index (χ3n) is 3.66. The fraction of sp³-hybridized carbons (Fsp3) is 0.400. The number of aromatic amines is 1. The fourth-order valence-corrected chi connectivity index (χ4v) is 2.78. The minimum Gasteiger partial charge on any atom is -0.351 e. The Labute approximate surface area is 129 Å². The number of fused-ring (bicyclic) bond motifs is 1. The van der Waals surface area contributed by atoms with Crippen LogP contribution in [-0.2, 0) is 10.0 Å². The van der Waals surface area contributed by atoms with Crippen molar-refractivity contribution in [2.75, 3.05) is 4.72 Å². The first-order chi connectivity index (χ1) is 10.3. The molecule has 22 heavy (non-hydrogen) atoms. The van der Waals surface area contributed by atoms with Gasteiger partial charge in [-0.2, -0.15) is 0 Å². The van der Waals surface area contributed by atoms with Crippen LogP contribution in [0, 0.1) is 0 Å². The van der Waals surface area contributed by atoms with Gasteiger partial charge in [-0.05, 0) is 51.0 Å². The highest BCUT2D eigenvalue weighted by molar-refractivity contribution is 7.93. The van der Waals surface area contributed by atoms with Gasteiger partial charge < -0.3 is 10.3 Å². The maximum Gasteiger partial charge on any atom is 0.267 e. The van der Waals surface area contributed by atoms with E-state index in [4.69, 9.17) is 0 Å². The SMILES string of the molecule is CC(C)S(=O)(=O)Nc1ccc2[nH]c(C(=O)NC3CC3)cc2c1. The largest absolute Gasteiger partial charge is 0.351 e. The summed E-state index contributed by atoms with van der Waals surface area (Å²) in [5, 5.41) is 3.21. The zero-order valence-corrected chi connectivity index (χ0v) is 13.3. The van der Waals surface area contributed by atoms with Gasteiger partial charge in [0.15, 0.2) is 0 Å². The van der Waals surface area contributed by atoms with E-state index in [0.29, 0.717) is 17.4 Å². The summed E-state index contributed by atoms with van der Waals surface area (Å²) in [6.07, 6.45) is 2.07. The first-order valence-corrected chi connectivity index (χ1v) is 8.85. The van der Waals surface area contributed by atoms with Gasteiger partial charge in [0.1, 0.15) is 5.69 Å². The molecule has 0 bridgehead atoms. The molecule has 1 aliphatic carbocycles. The maximum absolute atomic E-state index is 12.0. The number of rotatable bonds is 5. The van der Waals surface area contributed by atoms with Crippen molar-refractivity contribution in [3.8, 4) is 0 Å². The van der Waals surface area contributed by atoms with E-state index in [1.807, 2.05) is 0 Å². The lowest BCUT2D eigenvalue weighted by Crippen LogP contribution is -2.25. The second kappa shape index (κ2) is 5.31. The van der Waals surface area contributed by atoms with E-state index < -0.39 is 15.3 Å². The number of amides is 1. The van der Waals surface area contributed by atoms with Crippen LogP contribution in [0.3, 0.4) is 0 Å². The van der Waals surface area contributed by atoms with Gasteiger partial charge in [0.2, 0.25) is 10.0 Å². The molecule has 0 atom stereocenters. The van der Waals surface area contributed by atoms with Crippen LogP contribution in [-0.4, -0.2) is 30.6 Å². The Morgan fingerprint density at radius 2 is 2.00 bits per heavy atom. The minimum atomic E-state index is -3.38. The Balaban J connectivity index is 1.85. The third-order valence-corrected chi connectivity index (χ3v) is 5.42. The van der Waals surface area contributed by atoms with Crippen LogP contribution in [0.15, 0.2) is 24.3 Å². The molecule has 0 unspecified atom stereocenters. The van der Waals surface area contributed by atoms with Gasteiger partial charge in [0.25, 0.3) is 5.91 Å². The Morgan fingerprint density at radius 1 is 1.27 bits per heavy atom. The number of carbonyl (C=O) groups is 1. The average molecular weight is 321 g/mol. The van der Waals surface area contributed by atoms with Crippen molar-refractivity contribution >= 4 is 32.5 Å². The van der Waals surface area contributed by atoms with E-state index in [9.17, 15) is 13.2 Å². The van der Waals surface area contributed by atoms with Crippen LogP contribution >= 0.6 is 0 Å². The van der Waals surface area contributed by atoms with Gasteiger partial charge in [-0.15, -0.1) is 0 Å². The van der Waals surface area contributed by atoms with Crippen molar-refractivity contribution in [3.63, 3.8) is 0 Å². The third kappa shape index (κ3) is 3.09. The van der Waals surface area contributed by atoms with E-state index in [0.717, 1.165) is 23.7 Å². The molecule has 2 aromatic rings. The molecule has 1 aromatic carbocycles. The van der Waals surface area contributed by atoms with Gasteiger partial charge >= 0.3 is 0 Å². The summed E-state index contributed by atoms with van der Waals surface area (Å²) >= 11 is 0. The summed E-state index contributed by atoms with van der Waals surface area (Å²) in [6.45, 7) is 3.24. The molecule has 1 heterocycles. The molecule has 0 aliphatic heterocycles. The summed E-state index contributed by atoms with van der Waals surface area (Å²) in [4.78, 5) is 15.1. The summed E-state index contributed by atoms with van der Waals surface area (Å²) < 4.78 is 26.3. The highest BCUT2D eigenvalue weighted by Crippen LogP contribution is 2.23. The second-order valence-corrected chi connectivity index (χ2v) is 8.17. The molecule has 1 saturated carbocycles. The lowest BCUT2D eigenvalue weighted by molar-refractivity contribution is 0.0947. The molecule has 1 aliphatic rings. The number of carbonyl (C=O) groups excluding carboxylic acids is 1. The van der Waals surface area contributed by atoms with Crippen molar-refractivity contribution in [2.24, 2.45) is 0 Å². The molecule has 0 spiro atoms. The standard InChI is InChI=1S/C15H19N3O3S/c1-9(2)22(20,21)18-12-5-6-13-10(7-12)8-14(17-13)15(19)16-11-3-4-11/h5-9,11,17-18H,3-4H2,1-2H3,(H,16,19). The first kappa shape index (κ1) is 14.9. The van der Waals surface area contributed by atoms with Gasteiger partial charge in [0.05, 0.1) is 5.25 Å². The number of nitrogens with one attached hydrogen (secondary N) is 3. The molecule has 0 radical (unpaired) electrons. The number of sulfonamides is 1. The van der Waals surface area contributed by atoms with Crippen molar-refractivity contribution in [2.45, 2.75) is 38.0 Å². The van der Waals surface area contributed by atoms with Crippen LogP contribution in [0.5, 0.6) is 0 Å². The number of aromatic nitrogens is 1. The molecule has 3 rings (SSSR count). The predicted molar refractivity (Wildman–Crippen MR) is 86.5 cm³/mol. The van der Waals surface area contributed by atoms with Gasteiger partial charge in [0, 0.05) is 22.6 Å². The Kier molecular flexibility index (Phi) is 3.60. The van der Waals surface area contributed by atoms with E-state index in [1.165, 1.54) is 0 Å². The summed E-state index contributed by atoms with van der Waals surface area (Å²) in [5.74, 6) is -0.122. The molecule has 3 N–H and O–H groups in total. The normalized spacial score (nSPS) is 15.2. The maximum atomic E-state index is 12.0. The van der Waals surface area contributed by atoms with Crippen LogP contribution in [0.25, 0.3) is 10.9 Å². The van der Waals surface area contributed by atoms with E-state index in [2.05, 4.69) is 15.0 Å². The zero-order valence-electron chi connectivity index (χ0n) is 12.5. The molecular formula is C15H19N3O3S. The van der Waals surface area contributed by atoms with Gasteiger partial charge in [-0.3, -0.25) is 9.52 Å². The number of H-pyrrole nitrogens is 1. The smallest absolute Gasteiger partial charge is 0.267 e. The van der Waals surface area contributed by atoms with Crippen LogP contribution in [0.2, 0.25) is 0 Å². The summed E-state index contributed by atoms with van der Waals surface area (Å²) in [7, 11) is -3.38. The Bertz CT molecular complexity index is 820. The van der Waals surface area contributed by atoms with Crippen LogP contribution < -0.4 is 10.0 Å².